The van der Waals surface area contributed by atoms with Crippen molar-refractivity contribution in [3.05, 3.63) is 133 Å². The average molecular weight is 479 g/mol. The Morgan fingerprint density at radius 1 is 0.559 bits per heavy atom. The van der Waals surface area contributed by atoms with Crippen molar-refractivity contribution in [2.75, 3.05) is 0 Å². The second-order valence-corrected chi connectivity index (χ2v) is 13.7. The van der Waals surface area contributed by atoms with Crippen molar-refractivity contribution in [1.82, 2.24) is 0 Å². The molecule has 0 aliphatic heterocycles. The smallest absolute Gasteiger partial charge is 0.00106 e. The van der Waals surface area contributed by atoms with Crippen LogP contribution in [0.25, 0.3) is 0 Å². The molecule has 0 aromatic heterocycles. The highest BCUT2D eigenvalue weighted by molar-refractivity contribution is 7.77. The van der Waals surface area contributed by atoms with Crippen LogP contribution in [0, 0.1) is 5.92 Å². The van der Waals surface area contributed by atoms with Crippen molar-refractivity contribution in [1.29, 1.82) is 0 Å². The van der Waals surface area contributed by atoms with E-state index in [2.05, 4.69) is 140 Å². The number of hydrogen-bond donors (Lipinski definition) is 0. The molecule has 0 heterocycles. The summed E-state index contributed by atoms with van der Waals surface area (Å²) in [4.78, 5) is 0. The van der Waals surface area contributed by atoms with Gasteiger partial charge in [-0.3, -0.25) is 0 Å². The molecule has 0 unspecified atom stereocenters. The van der Waals surface area contributed by atoms with E-state index in [1.54, 1.807) is 0 Å². The standard InChI is InChI=1S/C32H32P2/c1-2-26-16-15-25-31(33(27-17-7-3-8-18-27)28-19-9-4-10-20-28)32(26)34(29-21-11-5-12-22-29)30-23-13-6-14-24-30/h3-24,26,31-32H,2,25H2,1H3/t26-,31-,32-/m0/s1. The minimum Gasteiger partial charge on any atom is -0.0876 e. The molecule has 0 nitrogen and oxygen atoms in total. The fourth-order valence-electron chi connectivity index (χ4n) is 5.31. The van der Waals surface area contributed by atoms with E-state index in [9.17, 15) is 0 Å². The van der Waals surface area contributed by atoms with Crippen molar-refractivity contribution in [3.63, 3.8) is 0 Å². The molecule has 1 aliphatic carbocycles. The van der Waals surface area contributed by atoms with Crippen molar-refractivity contribution in [2.45, 2.75) is 31.1 Å². The molecule has 0 amide bonds. The molecular formula is C32H32P2. The van der Waals surface area contributed by atoms with Crippen LogP contribution in [0.1, 0.15) is 19.8 Å². The van der Waals surface area contributed by atoms with Crippen LogP contribution < -0.4 is 21.2 Å². The molecule has 5 rings (SSSR count). The van der Waals surface area contributed by atoms with E-state index < -0.39 is 15.8 Å². The molecule has 0 N–H and O–H groups in total. The molecular weight excluding hydrogens is 446 g/mol. The third-order valence-corrected chi connectivity index (χ3v) is 13.0. The molecule has 2 heteroatoms. The number of benzene rings is 4. The Morgan fingerprint density at radius 3 is 1.32 bits per heavy atom. The van der Waals surface area contributed by atoms with Gasteiger partial charge in [-0.2, -0.15) is 0 Å². The van der Waals surface area contributed by atoms with Gasteiger partial charge in [0.2, 0.25) is 0 Å². The Hall–Kier alpha value is -2.52. The molecule has 0 spiro atoms. The summed E-state index contributed by atoms with van der Waals surface area (Å²) >= 11 is 0. The summed E-state index contributed by atoms with van der Waals surface area (Å²) in [7, 11) is -0.991. The monoisotopic (exact) mass is 478 g/mol. The van der Waals surface area contributed by atoms with Gasteiger partial charge in [0, 0.05) is 5.66 Å². The summed E-state index contributed by atoms with van der Waals surface area (Å²) in [6.45, 7) is 2.38. The minimum atomic E-state index is -0.502. The SMILES string of the molecule is CC[C@H]1C=CC[C@H](P(c2ccccc2)c2ccccc2)[C@H]1P(c1ccccc1)c1ccccc1. The van der Waals surface area contributed by atoms with Crippen LogP contribution in [0.3, 0.4) is 0 Å². The number of hydrogen-bond acceptors (Lipinski definition) is 0. The van der Waals surface area contributed by atoms with Gasteiger partial charge in [0.15, 0.2) is 0 Å². The van der Waals surface area contributed by atoms with Gasteiger partial charge in [0.05, 0.1) is 0 Å². The lowest BCUT2D eigenvalue weighted by Crippen LogP contribution is -2.40. The van der Waals surface area contributed by atoms with Gasteiger partial charge >= 0.3 is 0 Å². The van der Waals surface area contributed by atoms with Crippen LogP contribution in [0.2, 0.25) is 0 Å². The van der Waals surface area contributed by atoms with Crippen LogP contribution in [-0.2, 0) is 0 Å². The Balaban J connectivity index is 1.69. The number of rotatable bonds is 7. The third kappa shape index (κ3) is 4.95. The first-order chi connectivity index (χ1) is 16.9. The van der Waals surface area contributed by atoms with Gasteiger partial charge in [-0.1, -0.05) is 140 Å². The molecule has 170 valence electrons. The second-order valence-electron chi connectivity index (χ2n) is 8.88. The van der Waals surface area contributed by atoms with Gasteiger partial charge < -0.3 is 0 Å². The lowest BCUT2D eigenvalue weighted by molar-refractivity contribution is 0.545. The normalized spacial score (nSPS) is 20.0. The maximum atomic E-state index is 2.53. The van der Waals surface area contributed by atoms with Crippen molar-refractivity contribution in [2.24, 2.45) is 5.92 Å². The predicted octanol–water partition coefficient (Wildman–Crippen LogP) is 6.98. The zero-order valence-corrected chi connectivity index (χ0v) is 21.5. The van der Waals surface area contributed by atoms with Crippen LogP contribution in [0.15, 0.2) is 133 Å². The van der Waals surface area contributed by atoms with E-state index in [-0.39, 0.29) is 0 Å². The molecule has 0 saturated heterocycles. The van der Waals surface area contributed by atoms with Gasteiger partial charge in [-0.25, -0.2) is 0 Å². The van der Waals surface area contributed by atoms with Crippen molar-refractivity contribution in [3.8, 4) is 0 Å². The van der Waals surface area contributed by atoms with Gasteiger partial charge in [0.25, 0.3) is 0 Å². The van der Waals surface area contributed by atoms with Crippen molar-refractivity contribution >= 4 is 37.1 Å². The van der Waals surface area contributed by atoms with E-state index >= 15 is 0 Å². The molecule has 4 aromatic carbocycles. The molecule has 0 fully saturated rings. The van der Waals surface area contributed by atoms with E-state index in [0.717, 1.165) is 6.42 Å². The summed E-state index contributed by atoms with van der Waals surface area (Å²) in [6.07, 6.45) is 7.35. The Kier molecular flexibility index (Phi) is 7.70. The van der Waals surface area contributed by atoms with Gasteiger partial charge in [-0.05, 0) is 61.5 Å². The highest BCUT2D eigenvalue weighted by Crippen LogP contribution is 2.57. The Labute approximate surface area is 207 Å². The summed E-state index contributed by atoms with van der Waals surface area (Å²) in [5.41, 5.74) is 1.20. The molecule has 0 bridgehead atoms. The van der Waals surface area contributed by atoms with Gasteiger partial charge in [-0.15, -0.1) is 0 Å². The predicted molar refractivity (Wildman–Crippen MR) is 153 cm³/mol. The summed E-state index contributed by atoms with van der Waals surface area (Å²) < 4.78 is 0. The summed E-state index contributed by atoms with van der Waals surface area (Å²) in [5.74, 6) is 0.586. The third-order valence-electron chi connectivity index (χ3n) is 6.83. The highest BCUT2D eigenvalue weighted by Gasteiger charge is 2.41. The molecule has 0 radical (unpaired) electrons. The molecule has 3 atom stereocenters. The fourth-order valence-corrected chi connectivity index (χ4v) is 12.2. The molecule has 1 aliphatic rings. The minimum absolute atomic E-state index is 0.489. The lowest BCUT2D eigenvalue weighted by Gasteiger charge is -2.44. The van der Waals surface area contributed by atoms with Crippen LogP contribution in [0.4, 0.5) is 0 Å². The zero-order chi connectivity index (χ0) is 23.2. The summed E-state index contributed by atoms with van der Waals surface area (Å²) in [5, 5.41) is 6.01. The zero-order valence-electron chi connectivity index (χ0n) is 19.7. The van der Waals surface area contributed by atoms with E-state index in [1.165, 1.54) is 27.6 Å². The van der Waals surface area contributed by atoms with E-state index in [4.69, 9.17) is 0 Å². The molecule has 0 saturated carbocycles. The van der Waals surface area contributed by atoms with Crippen LogP contribution in [0.5, 0.6) is 0 Å². The number of allylic oxidation sites excluding steroid dienone is 2. The first-order valence-corrected chi connectivity index (χ1v) is 15.1. The van der Waals surface area contributed by atoms with E-state index in [1.807, 2.05) is 0 Å². The van der Waals surface area contributed by atoms with Crippen LogP contribution in [-0.4, -0.2) is 11.3 Å². The highest BCUT2D eigenvalue weighted by atomic mass is 31.1. The topological polar surface area (TPSA) is 0 Å². The first kappa shape index (κ1) is 23.2. The van der Waals surface area contributed by atoms with Gasteiger partial charge in [0.1, 0.15) is 0 Å². The molecule has 4 aromatic rings. The second kappa shape index (κ2) is 11.3. The quantitative estimate of drug-likeness (QED) is 0.199. The summed E-state index contributed by atoms with van der Waals surface area (Å²) in [6, 6.07) is 45.3. The largest absolute Gasteiger partial charge is 0.0876 e. The maximum Gasteiger partial charge on any atom is 0.00106 e. The van der Waals surface area contributed by atoms with E-state index in [0.29, 0.717) is 17.2 Å². The Bertz CT molecular complexity index is 1090. The average Bonchev–Trinajstić information content (AvgIpc) is 2.92. The fraction of sp³-hybridized carbons (Fsp3) is 0.188. The van der Waals surface area contributed by atoms with Crippen LogP contribution >= 0.6 is 15.8 Å². The van der Waals surface area contributed by atoms with Crippen molar-refractivity contribution < 1.29 is 0 Å². The Morgan fingerprint density at radius 2 is 0.941 bits per heavy atom. The first-order valence-electron chi connectivity index (χ1n) is 12.3. The lowest BCUT2D eigenvalue weighted by atomic mass is 9.92. The molecule has 34 heavy (non-hydrogen) atoms. The maximum absolute atomic E-state index is 2.53.